The smallest absolute Gasteiger partial charge is 0.251 e. The molecule has 2 aliphatic heterocycles. The predicted molar refractivity (Wildman–Crippen MR) is 105 cm³/mol. The van der Waals surface area contributed by atoms with E-state index in [1.54, 1.807) is 17.4 Å². The van der Waals surface area contributed by atoms with E-state index in [9.17, 15) is 4.79 Å². The maximum atomic E-state index is 12.5. The molecule has 0 radical (unpaired) electrons. The van der Waals surface area contributed by atoms with Crippen LogP contribution in [0.2, 0.25) is 10.0 Å². The van der Waals surface area contributed by atoms with E-state index >= 15 is 0 Å². The summed E-state index contributed by atoms with van der Waals surface area (Å²) >= 11 is 13.8. The highest BCUT2D eigenvalue weighted by atomic mass is 35.5. The van der Waals surface area contributed by atoms with Crippen LogP contribution in [-0.4, -0.2) is 41.6 Å². The first-order chi connectivity index (χ1) is 12.6. The molecule has 0 aliphatic carbocycles. The second kappa shape index (κ2) is 7.85. The Balaban J connectivity index is 1.39. The highest BCUT2D eigenvalue weighted by Crippen LogP contribution is 2.35. The van der Waals surface area contributed by atoms with Crippen LogP contribution < -0.4 is 0 Å². The molecule has 4 rings (SSSR count). The number of hydrogen-bond donors (Lipinski definition) is 0. The van der Waals surface area contributed by atoms with Gasteiger partial charge in [0.05, 0.1) is 20.7 Å². The molecule has 2 fully saturated rings. The Bertz CT molecular complexity index is 797. The normalized spacial score (nSPS) is 21.3. The van der Waals surface area contributed by atoms with E-state index in [-0.39, 0.29) is 12.0 Å². The number of benzene rings is 1. The van der Waals surface area contributed by atoms with Crippen molar-refractivity contribution in [1.29, 1.82) is 0 Å². The lowest BCUT2D eigenvalue weighted by Crippen LogP contribution is -2.43. The third-order valence-electron chi connectivity index (χ3n) is 5.10. The number of aromatic nitrogens is 1. The van der Waals surface area contributed by atoms with Crippen molar-refractivity contribution in [3.63, 3.8) is 0 Å². The van der Waals surface area contributed by atoms with Gasteiger partial charge in [0.25, 0.3) is 5.91 Å². The Morgan fingerprint density at radius 1 is 1.19 bits per heavy atom. The summed E-state index contributed by atoms with van der Waals surface area (Å²) in [5, 5.41) is 4.29. The lowest BCUT2D eigenvalue weighted by Gasteiger charge is -2.32. The largest absolute Gasteiger partial charge is 0.368 e. The van der Waals surface area contributed by atoms with E-state index < -0.39 is 0 Å². The number of amides is 1. The van der Waals surface area contributed by atoms with Crippen molar-refractivity contribution >= 4 is 40.4 Å². The number of carbonyl (C=O) groups is 1. The van der Waals surface area contributed by atoms with Crippen LogP contribution in [0.3, 0.4) is 0 Å². The van der Waals surface area contributed by atoms with Crippen LogP contribution in [0.15, 0.2) is 23.6 Å². The Kier molecular flexibility index (Phi) is 5.50. The lowest BCUT2D eigenvalue weighted by molar-refractivity contribution is -0.142. The Hall–Kier alpha value is -1.14. The molecule has 1 unspecified atom stereocenters. The monoisotopic (exact) mass is 410 g/mol. The number of piperidine rings is 1. The molecule has 0 bridgehead atoms. The molecule has 2 saturated heterocycles. The van der Waals surface area contributed by atoms with Crippen LogP contribution in [0, 0.1) is 0 Å². The van der Waals surface area contributed by atoms with Crippen LogP contribution in [0.25, 0.3) is 11.3 Å². The number of rotatable bonds is 3. The molecule has 0 N–H and O–H groups in total. The molecule has 4 nitrogen and oxygen atoms in total. The SMILES string of the molecule is O=C(C1CCCO1)N1CCC(c2nc(-c3ccc(Cl)c(Cl)c3)cs2)CC1. The first-order valence-corrected chi connectivity index (χ1v) is 10.6. The van der Waals surface area contributed by atoms with Crippen LogP contribution in [0.4, 0.5) is 0 Å². The number of thiazole rings is 1. The summed E-state index contributed by atoms with van der Waals surface area (Å²) in [5.41, 5.74) is 1.91. The van der Waals surface area contributed by atoms with Gasteiger partial charge in [0.1, 0.15) is 6.10 Å². The van der Waals surface area contributed by atoms with Crippen molar-refractivity contribution in [1.82, 2.24) is 9.88 Å². The van der Waals surface area contributed by atoms with Crippen molar-refractivity contribution in [2.75, 3.05) is 19.7 Å². The van der Waals surface area contributed by atoms with Crippen molar-refractivity contribution in [2.45, 2.75) is 37.7 Å². The second-order valence-electron chi connectivity index (χ2n) is 6.80. The second-order valence-corrected chi connectivity index (χ2v) is 8.51. The molecule has 3 heterocycles. The number of carbonyl (C=O) groups excluding carboxylic acids is 1. The summed E-state index contributed by atoms with van der Waals surface area (Å²) in [4.78, 5) is 19.2. The van der Waals surface area contributed by atoms with E-state index in [2.05, 4.69) is 5.38 Å². The molecular weight excluding hydrogens is 391 g/mol. The summed E-state index contributed by atoms with van der Waals surface area (Å²) < 4.78 is 5.53. The standard InChI is InChI=1S/C19H20Cl2N2O2S/c20-14-4-3-13(10-15(14)21)16-11-26-18(22-16)12-5-7-23(8-6-12)19(24)17-2-1-9-25-17/h3-4,10-12,17H,1-2,5-9H2. The number of halogens is 2. The highest BCUT2D eigenvalue weighted by Gasteiger charge is 2.31. The molecule has 0 spiro atoms. The van der Waals surface area contributed by atoms with Gasteiger partial charge in [-0.15, -0.1) is 11.3 Å². The Labute approximate surface area is 167 Å². The van der Waals surface area contributed by atoms with E-state index in [1.807, 2.05) is 17.0 Å². The molecule has 138 valence electrons. The van der Waals surface area contributed by atoms with Crippen LogP contribution in [0.5, 0.6) is 0 Å². The van der Waals surface area contributed by atoms with Crippen molar-refractivity contribution < 1.29 is 9.53 Å². The van der Waals surface area contributed by atoms with E-state index in [0.29, 0.717) is 22.6 Å². The van der Waals surface area contributed by atoms with E-state index in [1.165, 1.54) is 0 Å². The molecular formula is C19H20Cl2N2O2S. The maximum absolute atomic E-state index is 12.5. The highest BCUT2D eigenvalue weighted by molar-refractivity contribution is 7.10. The first kappa shape index (κ1) is 18.2. The number of likely N-dealkylation sites (tertiary alicyclic amines) is 1. The van der Waals surface area contributed by atoms with Gasteiger partial charge in [-0.3, -0.25) is 4.79 Å². The fourth-order valence-corrected chi connectivity index (χ4v) is 4.88. The number of ether oxygens (including phenoxy) is 1. The van der Waals surface area contributed by atoms with Gasteiger partial charge in [0.15, 0.2) is 0 Å². The summed E-state index contributed by atoms with van der Waals surface area (Å²) in [7, 11) is 0. The Morgan fingerprint density at radius 3 is 2.69 bits per heavy atom. The molecule has 1 atom stereocenters. The van der Waals surface area contributed by atoms with Crippen LogP contribution in [0.1, 0.15) is 36.6 Å². The average Bonchev–Trinajstić information content (AvgIpc) is 3.36. The quantitative estimate of drug-likeness (QED) is 0.714. The fourth-order valence-electron chi connectivity index (χ4n) is 3.59. The molecule has 2 aliphatic rings. The predicted octanol–water partition coefficient (Wildman–Crippen LogP) is 5.00. The summed E-state index contributed by atoms with van der Waals surface area (Å²) in [6.07, 6.45) is 3.54. The number of nitrogens with zero attached hydrogens (tertiary/aromatic N) is 2. The van der Waals surface area contributed by atoms with Crippen molar-refractivity contribution in [3.8, 4) is 11.3 Å². The molecule has 7 heteroatoms. The molecule has 1 aromatic heterocycles. The zero-order valence-electron chi connectivity index (χ0n) is 14.3. The van der Waals surface area contributed by atoms with Crippen molar-refractivity contribution in [3.05, 3.63) is 38.6 Å². The summed E-state index contributed by atoms with van der Waals surface area (Å²) in [6.45, 7) is 2.28. The molecule has 1 amide bonds. The third-order valence-corrected chi connectivity index (χ3v) is 6.84. The van der Waals surface area contributed by atoms with Gasteiger partial charge >= 0.3 is 0 Å². The van der Waals surface area contributed by atoms with Gasteiger partial charge < -0.3 is 9.64 Å². The van der Waals surface area contributed by atoms with Crippen LogP contribution >= 0.6 is 34.5 Å². The van der Waals surface area contributed by atoms with E-state index in [0.717, 1.165) is 55.0 Å². The van der Waals surface area contributed by atoms with Gasteiger partial charge in [-0.25, -0.2) is 4.98 Å². The van der Waals surface area contributed by atoms with E-state index in [4.69, 9.17) is 32.9 Å². The summed E-state index contributed by atoms with van der Waals surface area (Å²) in [6, 6.07) is 5.59. The first-order valence-electron chi connectivity index (χ1n) is 8.93. The third kappa shape index (κ3) is 3.77. The molecule has 1 aromatic carbocycles. The lowest BCUT2D eigenvalue weighted by atomic mass is 9.97. The maximum Gasteiger partial charge on any atom is 0.251 e. The molecule has 26 heavy (non-hydrogen) atoms. The average molecular weight is 411 g/mol. The minimum absolute atomic E-state index is 0.164. The minimum atomic E-state index is -0.215. The van der Waals surface area contributed by atoms with Gasteiger partial charge in [-0.1, -0.05) is 29.3 Å². The Morgan fingerprint density at radius 2 is 2.00 bits per heavy atom. The van der Waals surface area contributed by atoms with Crippen molar-refractivity contribution in [2.24, 2.45) is 0 Å². The molecule has 2 aromatic rings. The zero-order chi connectivity index (χ0) is 18.1. The minimum Gasteiger partial charge on any atom is -0.368 e. The topological polar surface area (TPSA) is 42.4 Å². The van der Waals surface area contributed by atoms with Gasteiger partial charge in [0.2, 0.25) is 0 Å². The number of hydrogen-bond acceptors (Lipinski definition) is 4. The van der Waals surface area contributed by atoms with Gasteiger partial charge in [0, 0.05) is 36.6 Å². The zero-order valence-corrected chi connectivity index (χ0v) is 16.6. The summed E-state index contributed by atoms with van der Waals surface area (Å²) in [5.74, 6) is 0.571. The van der Waals surface area contributed by atoms with Gasteiger partial charge in [-0.2, -0.15) is 0 Å². The van der Waals surface area contributed by atoms with Gasteiger partial charge in [-0.05, 0) is 37.8 Å². The fraction of sp³-hybridized carbons (Fsp3) is 0.474. The molecule has 0 saturated carbocycles. The van der Waals surface area contributed by atoms with Crippen LogP contribution in [-0.2, 0) is 9.53 Å².